The summed E-state index contributed by atoms with van der Waals surface area (Å²) in [5.41, 5.74) is 2.18. The summed E-state index contributed by atoms with van der Waals surface area (Å²) in [6.45, 7) is 5.11. The minimum atomic E-state index is -0.313. The monoisotopic (exact) mass is 260 g/mol. The molecule has 1 N–H and O–H groups in total. The first-order valence-corrected chi connectivity index (χ1v) is 6.74. The second kappa shape index (κ2) is 5.87. The van der Waals surface area contributed by atoms with E-state index in [-0.39, 0.29) is 17.9 Å². The Balaban J connectivity index is 2.06. The minimum Gasteiger partial charge on any atom is -0.353 e. The summed E-state index contributed by atoms with van der Waals surface area (Å²) < 4.78 is 0. The van der Waals surface area contributed by atoms with Gasteiger partial charge in [-0.25, -0.2) is 0 Å². The quantitative estimate of drug-likeness (QED) is 0.890. The molecule has 1 heterocycles. The van der Waals surface area contributed by atoms with Crippen LogP contribution in [-0.4, -0.2) is 35.8 Å². The van der Waals surface area contributed by atoms with Crippen molar-refractivity contribution in [3.8, 4) is 0 Å². The molecule has 0 aliphatic carbocycles. The Morgan fingerprint density at radius 1 is 1.37 bits per heavy atom. The SMILES string of the molecule is CCC1C(=O)NCCN1C(=O)Cc1ccc(C)cc1. The average molecular weight is 260 g/mol. The zero-order chi connectivity index (χ0) is 13.8. The molecule has 1 atom stereocenters. The number of benzene rings is 1. The fraction of sp³-hybridized carbons (Fsp3) is 0.467. The molecule has 4 nitrogen and oxygen atoms in total. The van der Waals surface area contributed by atoms with E-state index >= 15 is 0 Å². The lowest BCUT2D eigenvalue weighted by atomic mass is 10.1. The first-order valence-electron chi connectivity index (χ1n) is 6.74. The van der Waals surface area contributed by atoms with Crippen molar-refractivity contribution in [1.82, 2.24) is 10.2 Å². The molecule has 4 heteroatoms. The van der Waals surface area contributed by atoms with Gasteiger partial charge in [0.2, 0.25) is 11.8 Å². The van der Waals surface area contributed by atoms with Gasteiger partial charge in [-0.1, -0.05) is 36.8 Å². The number of piperazine rings is 1. The molecule has 1 aliphatic heterocycles. The number of nitrogens with zero attached hydrogens (tertiary/aromatic N) is 1. The van der Waals surface area contributed by atoms with Gasteiger partial charge in [-0.2, -0.15) is 0 Å². The second-order valence-corrected chi connectivity index (χ2v) is 4.96. The summed E-state index contributed by atoms with van der Waals surface area (Å²) in [5.74, 6) is -0.00319. The van der Waals surface area contributed by atoms with Gasteiger partial charge in [-0.05, 0) is 18.9 Å². The lowest BCUT2D eigenvalue weighted by Gasteiger charge is -2.34. The lowest BCUT2D eigenvalue weighted by Crippen LogP contribution is -2.57. The second-order valence-electron chi connectivity index (χ2n) is 4.96. The number of amides is 2. The number of carbonyl (C=O) groups is 2. The van der Waals surface area contributed by atoms with Crippen LogP contribution in [0.25, 0.3) is 0 Å². The van der Waals surface area contributed by atoms with Crippen molar-refractivity contribution < 1.29 is 9.59 Å². The summed E-state index contributed by atoms with van der Waals surface area (Å²) in [7, 11) is 0. The third-order valence-corrected chi connectivity index (χ3v) is 3.51. The highest BCUT2D eigenvalue weighted by Gasteiger charge is 2.31. The van der Waals surface area contributed by atoms with E-state index in [1.807, 2.05) is 38.1 Å². The Kier molecular flexibility index (Phi) is 4.20. The molecule has 2 rings (SSSR count). The Bertz CT molecular complexity index is 468. The molecular weight excluding hydrogens is 240 g/mol. The summed E-state index contributed by atoms with van der Waals surface area (Å²) >= 11 is 0. The van der Waals surface area contributed by atoms with Crippen LogP contribution in [0, 0.1) is 6.92 Å². The van der Waals surface area contributed by atoms with Crippen LogP contribution >= 0.6 is 0 Å². The highest BCUT2D eigenvalue weighted by atomic mass is 16.2. The molecule has 1 saturated heterocycles. The fourth-order valence-electron chi connectivity index (χ4n) is 2.40. The van der Waals surface area contributed by atoms with Crippen molar-refractivity contribution in [3.63, 3.8) is 0 Å². The van der Waals surface area contributed by atoms with E-state index in [4.69, 9.17) is 0 Å². The van der Waals surface area contributed by atoms with Crippen LogP contribution in [0.1, 0.15) is 24.5 Å². The predicted octanol–water partition coefficient (Wildman–Crippen LogP) is 1.27. The molecule has 19 heavy (non-hydrogen) atoms. The summed E-state index contributed by atoms with van der Waals surface area (Å²) in [6, 6.07) is 7.63. The van der Waals surface area contributed by atoms with Crippen LogP contribution in [0.15, 0.2) is 24.3 Å². The van der Waals surface area contributed by atoms with Gasteiger partial charge >= 0.3 is 0 Å². The van der Waals surface area contributed by atoms with Crippen molar-refractivity contribution in [2.75, 3.05) is 13.1 Å². The van der Waals surface area contributed by atoms with E-state index in [2.05, 4.69) is 5.32 Å². The molecule has 0 spiro atoms. The molecule has 0 aromatic heterocycles. The number of hydrogen-bond donors (Lipinski definition) is 1. The maximum absolute atomic E-state index is 12.3. The average Bonchev–Trinajstić information content (AvgIpc) is 2.41. The summed E-state index contributed by atoms with van der Waals surface area (Å²) in [5, 5.41) is 2.81. The molecule has 0 saturated carbocycles. The van der Waals surface area contributed by atoms with E-state index in [0.717, 1.165) is 5.56 Å². The van der Waals surface area contributed by atoms with Crippen molar-refractivity contribution >= 4 is 11.8 Å². The van der Waals surface area contributed by atoms with Crippen LogP contribution in [0.3, 0.4) is 0 Å². The van der Waals surface area contributed by atoms with Crippen molar-refractivity contribution in [1.29, 1.82) is 0 Å². The van der Waals surface area contributed by atoms with Gasteiger partial charge in [-0.15, -0.1) is 0 Å². The van der Waals surface area contributed by atoms with Crippen LogP contribution in [0.4, 0.5) is 0 Å². The third-order valence-electron chi connectivity index (χ3n) is 3.51. The van der Waals surface area contributed by atoms with Crippen LogP contribution < -0.4 is 5.32 Å². The molecule has 1 fully saturated rings. The predicted molar refractivity (Wildman–Crippen MR) is 73.7 cm³/mol. The van der Waals surface area contributed by atoms with E-state index in [9.17, 15) is 9.59 Å². The van der Waals surface area contributed by atoms with Crippen molar-refractivity contribution in [2.45, 2.75) is 32.7 Å². The molecule has 1 aromatic carbocycles. The highest BCUT2D eigenvalue weighted by molar-refractivity contribution is 5.89. The first kappa shape index (κ1) is 13.6. The van der Waals surface area contributed by atoms with Gasteiger partial charge in [0.05, 0.1) is 6.42 Å². The number of carbonyl (C=O) groups excluding carboxylic acids is 2. The maximum Gasteiger partial charge on any atom is 0.242 e. The van der Waals surface area contributed by atoms with Crippen molar-refractivity contribution in [3.05, 3.63) is 35.4 Å². The fourth-order valence-corrected chi connectivity index (χ4v) is 2.40. The Morgan fingerprint density at radius 2 is 2.05 bits per heavy atom. The van der Waals surface area contributed by atoms with Gasteiger partial charge < -0.3 is 10.2 Å². The smallest absolute Gasteiger partial charge is 0.242 e. The summed E-state index contributed by atoms with van der Waals surface area (Å²) in [6.07, 6.45) is 1.02. The Labute approximate surface area is 113 Å². The van der Waals surface area contributed by atoms with Gasteiger partial charge in [-0.3, -0.25) is 9.59 Å². The Morgan fingerprint density at radius 3 is 2.68 bits per heavy atom. The molecule has 1 aliphatic rings. The molecule has 1 aromatic rings. The van der Waals surface area contributed by atoms with Gasteiger partial charge in [0.15, 0.2) is 0 Å². The van der Waals surface area contributed by atoms with Crippen LogP contribution in [0.5, 0.6) is 0 Å². The van der Waals surface area contributed by atoms with Gasteiger partial charge in [0.1, 0.15) is 6.04 Å². The van der Waals surface area contributed by atoms with Crippen LogP contribution in [0.2, 0.25) is 0 Å². The first-order chi connectivity index (χ1) is 9.11. The topological polar surface area (TPSA) is 49.4 Å². The van der Waals surface area contributed by atoms with Gasteiger partial charge in [0.25, 0.3) is 0 Å². The molecule has 2 amide bonds. The standard InChI is InChI=1S/C15H20N2O2/c1-3-13-15(19)16-8-9-17(13)14(18)10-12-6-4-11(2)5-7-12/h4-7,13H,3,8-10H2,1-2H3,(H,16,19). The van der Waals surface area contributed by atoms with Crippen LogP contribution in [-0.2, 0) is 16.0 Å². The Hall–Kier alpha value is -1.84. The zero-order valence-electron chi connectivity index (χ0n) is 11.5. The lowest BCUT2D eigenvalue weighted by molar-refractivity contribution is -0.142. The zero-order valence-corrected chi connectivity index (χ0v) is 11.5. The molecule has 0 radical (unpaired) electrons. The van der Waals surface area contributed by atoms with E-state index < -0.39 is 0 Å². The molecular formula is C15H20N2O2. The third kappa shape index (κ3) is 3.13. The van der Waals surface area contributed by atoms with E-state index in [1.54, 1.807) is 4.90 Å². The number of rotatable bonds is 3. The van der Waals surface area contributed by atoms with Crippen molar-refractivity contribution in [2.24, 2.45) is 0 Å². The van der Waals surface area contributed by atoms with Gasteiger partial charge in [0, 0.05) is 13.1 Å². The number of hydrogen-bond acceptors (Lipinski definition) is 2. The number of nitrogens with one attached hydrogen (secondary N) is 1. The maximum atomic E-state index is 12.3. The van der Waals surface area contributed by atoms with E-state index in [0.29, 0.717) is 25.9 Å². The normalized spacial score (nSPS) is 19.2. The summed E-state index contributed by atoms with van der Waals surface area (Å²) in [4.78, 5) is 25.8. The molecule has 0 bridgehead atoms. The molecule has 102 valence electrons. The highest BCUT2D eigenvalue weighted by Crippen LogP contribution is 2.12. The molecule has 1 unspecified atom stereocenters. The minimum absolute atomic E-state index is 0.0329. The largest absolute Gasteiger partial charge is 0.353 e. The number of aryl methyl sites for hydroxylation is 1. The van der Waals surface area contributed by atoms with E-state index in [1.165, 1.54) is 5.56 Å².